The van der Waals surface area contributed by atoms with E-state index in [4.69, 9.17) is 14.1 Å². The van der Waals surface area contributed by atoms with Crippen molar-refractivity contribution in [3.8, 4) is 5.75 Å². The smallest absolute Gasteiger partial charge is 0.482 e. The first-order valence-electron chi connectivity index (χ1n) is 15.5. The van der Waals surface area contributed by atoms with Crippen LogP contribution >= 0.6 is 0 Å². The molecule has 3 N–H and O–H groups in total. The number of fused-ring (bicyclic) bond motifs is 3. The Hall–Kier alpha value is -2.69. The number of hydrogen-bond acceptors (Lipinski definition) is 8. The van der Waals surface area contributed by atoms with Gasteiger partial charge < -0.3 is 34.4 Å². The number of aliphatic hydroxyl groups excluding tert-OH is 1. The summed E-state index contributed by atoms with van der Waals surface area (Å²) in [5.41, 5.74) is -0.0637. The van der Waals surface area contributed by atoms with Gasteiger partial charge in [-0.05, 0) is 79.4 Å². The molecule has 4 rings (SSSR count). The minimum atomic E-state index is -1.17. The summed E-state index contributed by atoms with van der Waals surface area (Å²) < 4.78 is 17.6. The van der Waals surface area contributed by atoms with E-state index in [9.17, 15) is 24.5 Å². The predicted octanol–water partition coefficient (Wildman–Crippen LogP) is 3.65. The van der Waals surface area contributed by atoms with Crippen LogP contribution in [0.4, 0.5) is 0 Å². The topological polar surface area (TPSA) is 131 Å². The Labute approximate surface area is 255 Å². The Morgan fingerprint density at radius 2 is 1.95 bits per heavy atom. The zero-order valence-corrected chi connectivity index (χ0v) is 26.5. The molecule has 1 aromatic carbocycles. The summed E-state index contributed by atoms with van der Waals surface area (Å²) in [6, 6.07) is 5.10. The van der Waals surface area contributed by atoms with Crippen molar-refractivity contribution in [1.82, 2.24) is 5.32 Å². The molecule has 2 saturated carbocycles. The lowest BCUT2D eigenvalue weighted by atomic mass is 9.47. The van der Waals surface area contributed by atoms with Gasteiger partial charge in [-0.1, -0.05) is 39.8 Å². The fourth-order valence-electron chi connectivity index (χ4n) is 7.76. The maximum Gasteiger partial charge on any atom is 0.492 e. The van der Waals surface area contributed by atoms with E-state index in [0.29, 0.717) is 30.5 Å². The number of hydrogen-bond donors (Lipinski definition) is 3. The largest absolute Gasteiger partial charge is 0.492 e. The fraction of sp³-hybridized carbons (Fsp3) is 0.667. The monoisotopic (exact) mass is 597 g/mol. The quantitative estimate of drug-likeness (QED) is 0.212. The molecule has 236 valence electrons. The molecule has 2 aliphatic carbocycles. The van der Waals surface area contributed by atoms with E-state index < -0.39 is 36.8 Å². The number of Topliss-reactive ketones (excluding diaryl/α,β-unsaturated/α-hetero) is 1. The van der Waals surface area contributed by atoms with Gasteiger partial charge in [0, 0.05) is 30.7 Å². The van der Waals surface area contributed by atoms with Gasteiger partial charge in [-0.15, -0.1) is 6.58 Å². The minimum absolute atomic E-state index is 0.0568. The first kappa shape index (κ1) is 33.2. The number of ether oxygens (including phenoxy) is 2. The Morgan fingerprint density at radius 3 is 2.60 bits per heavy atom. The van der Waals surface area contributed by atoms with Crippen LogP contribution in [0.2, 0.25) is 0 Å². The van der Waals surface area contributed by atoms with Crippen LogP contribution in [0.25, 0.3) is 0 Å². The number of aliphatic hydroxyl groups is 1. The fourth-order valence-corrected chi connectivity index (χ4v) is 7.76. The maximum absolute atomic E-state index is 13.3. The third-order valence-corrected chi connectivity index (χ3v) is 11.0. The SMILES string of the molecule is C=C[C@]1(C)C[C@@H](OC(=O)COc2ccc3c(c2)B(O)OC3CNC(C)=O)[C@@]2(C)C[C@](CCC(C)=O)(CC[C@H]2C)[C@@H](C)[C@@H]1O. The second-order valence-electron chi connectivity index (χ2n) is 13.8. The second-order valence-corrected chi connectivity index (χ2v) is 13.8. The van der Waals surface area contributed by atoms with Gasteiger partial charge in [0.15, 0.2) is 6.61 Å². The molecule has 0 spiro atoms. The lowest BCUT2D eigenvalue weighted by Gasteiger charge is -2.60. The molecule has 0 saturated heterocycles. The molecule has 9 nitrogen and oxygen atoms in total. The third-order valence-electron chi connectivity index (χ3n) is 11.0. The summed E-state index contributed by atoms with van der Waals surface area (Å²) in [6.45, 7) is 15.5. The van der Waals surface area contributed by atoms with Crippen LogP contribution in [-0.2, 0) is 23.8 Å². The van der Waals surface area contributed by atoms with Gasteiger partial charge in [-0.25, -0.2) is 4.79 Å². The lowest BCUT2D eigenvalue weighted by molar-refractivity contribution is -0.190. The first-order chi connectivity index (χ1) is 20.1. The number of carbonyl (C=O) groups is 3. The minimum Gasteiger partial charge on any atom is -0.482 e. The normalized spacial score (nSPS) is 35.3. The number of esters is 1. The highest BCUT2D eigenvalue weighted by atomic mass is 16.6. The van der Waals surface area contributed by atoms with Crippen molar-refractivity contribution in [1.29, 1.82) is 0 Å². The summed E-state index contributed by atoms with van der Waals surface area (Å²) in [7, 11) is -1.17. The van der Waals surface area contributed by atoms with E-state index in [-0.39, 0.29) is 47.5 Å². The highest BCUT2D eigenvalue weighted by Crippen LogP contribution is 2.62. The zero-order valence-electron chi connectivity index (χ0n) is 26.5. The summed E-state index contributed by atoms with van der Waals surface area (Å²) >= 11 is 0. The van der Waals surface area contributed by atoms with Gasteiger partial charge in [0.1, 0.15) is 17.6 Å². The number of nitrogens with one attached hydrogen (secondary N) is 1. The van der Waals surface area contributed by atoms with E-state index in [0.717, 1.165) is 24.8 Å². The number of benzene rings is 1. The number of ketones is 1. The highest BCUT2D eigenvalue weighted by Gasteiger charge is 2.58. The van der Waals surface area contributed by atoms with E-state index in [2.05, 4.69) is 32.7 Å². The molecule has 10 heteroatoms. The summed E-state index contributed by atoms with van der Waals surface area (Å²) in [5, 5.41) is 24.8. The van der Waals surface area contributed by atoms with E-state index >= 15 is 0 Å². The molecular weight excluding hydrogens is 549 g/mol. The van der Waals surface area contributed by atoms with Crippen molar-refractivity contribution >= 4 is 30.2 Å². The Morgan fingerprint density at radius 1 is 1.23 bits per heavy atom. The number of amides is 1. The Balaban J connectivity index is 1.52. The van der Waals surface area contributed by atoms with Crippen LogP contribution in [-0.4, -0.2) is 60.3 Å². The van der Waals surface area contributed by atoms with E-state index in [1.807, 2.05) is 6.92 Å². The number of carbonyl (C=O) groups excluding carboxylic acids is 3. The van der Waals surface area contributed by atoms with Gasteiger partial charge in [-0.2, -0.15) is 0 Å². The Bertz CT molecular complexity index is 1240. The standard InChI is InChI=1S/C33H48BNO8/c1-8-31(6)16-28(32(7)19-33(13-11-20(32)2,14-12-21(3)36)22(4)30(31)39)42-29(38)18-41-24-9-10-25-26(15-24)34(40)43-27(25)17-35-23(5)37/h8-10,15,20,22,27-28,30,39-40H,1,11-14,16-19H2,2-7H3,(H,35,37)/t20-,22+,27?,28-,30+,31-,32+,33-/m1/s1. The molecule has 1 unspecified atom stereocenters. The first-order valence-corrected chi connectivity index (χ1v) is 15.5. The molecule has 1 aromatic rings. The summed E-state index contributed by atoms with van der Waals surface area (Å²) in [6.07, 6.45) is 4.26. The van der Waals surface area contributed by atoms with Gasteiger partial charge >= 0.3 is 13.1 Å². The predicted molar refractivity (Wildman–Crippen MR) is 163 cm³/mol. The molecule has 2 fully saturated rings. The van der Waals surface area contributed by atoms with Crippen molar-refractivity contribution in [3.63, 3.8) is 0 Å². The van der Waals surface area contributed by atoms with Crippen LogP contribution < -0.4 is 15.5 Å². The lowest BCUT2D eigenvalue weighted by Crippen LogP contribution is -2.58. The van der Waals surface area contributed by atoms with Crippen molar-refractivity contribution < 1.29 is 38.6 Å². The maximum atomic E-state index is 13.3. The summed E-state index contributed by atoms with van der Waals surface area (Å²) in [5.74, 6) is 0.0184. The molecule has 1 amide bonds. The number of rotatable bonds is 10. The van der Waals surface area contributed by atoms with Crippen LogP contribution in [0.3, 0.4) is 0 Å². The van der Waals surface area contributed by atoms with Gasteiger partial charge in [-0.3, -0.25) is 4.79 Å². The van der Waals surface area contributed by atoms with Gasteiger partial charge in [0.2, 0.25) is 5.91 Å². The van der Waals surface area contributed by atoms with Crippen LogP contribution in [0.5, 0.6) is 5.75 Å². The van der Waals surface area contributed by atoms with Crippen molar-refractivity contribution in [2.45, 2.75) is 98.4 Å². The molecule has 3 aliphatic rings. The third kappa shape index (κ3) is 6.71. The highest BCUT2D eigenvalue weighted by molar-refractivity contribution is 6.61. The van der Waals surface area contributed by atoms with Crippen LogP contribution in [0, 0.1) is 28.1 Å². The molecule has 0 aromatic heterocycles. The molecule has 0 radical (unpaired) electrons. The molecule has 8 atom stereocenters. The molecular formula is C33H48BNO8. The molecule has 43 heavy (non-hydrogen) atoms. The van der Waals surface area contributed by atoms with E-state index in [1.165, 1.54) is 6.92 Å². The summed E-state index contributed by atoms with van der Waals surface area (Å²) in [4.78, 5) is 36.7. The van der Waals surface area contributed by atoms with Crippen LogP contribution in [0.1, 0.15) is 91.7 Å². The van der Waals surface area contributed by atoms with E-state index in [1.54, 1.807) is 31.2 Å². The van der Waals surface area contributed by atoms with Crippen molar-refractivity contribution in [2.24, 2.45) is 28.1 Å². The zero-order chi connectivity index (χ0) is 31.7. The second kappa shape index (κ2) is 12.7. The molecule has 1 aliphatic heterocycles. The van der Waals surface area contributed by atoms with Gasteiger partial charge in [0.25, 0.3) is 0 Å². The molecule has 1 heterocycles. The Kier molecular flexibility index (Phi) is 9.84. The average Bonchev–Trinajstić information content (AvgIpc) is 3.28. The van der Waals surface area contributed by atoms with Gasteiger partial charge in [0.05, 0.1) is 12.2 Å². The van der Waals surface area contributed by atoms with Crippen molar-refractivity contribution in [2.75, 3.05) is 13.2 Å². The van der Waals surface area contributed by atoms with Crippen molar-refractivity contribution in [3.05, 3.63) is 36.4 Å². The van der Waals surface area contributed by atoms with Crippen LogP contribution in [0.15, 0.2) is 30.9 Å². The average molecular weight is 598 g/mol. The molecule has 2 bridgehead atoms.